The summed E-state index contributed by atoms with van der Waals surface area (Å²) in [7, 11) is 0. The predicted molar refractivity (Wildman–Crippen MR) is 75.3 cm³/mol. The summed E-state index contributed by atoms with van der Waals surface area (Å²) in [6, 6.07) is 12.2. The van der Waals surface area contributed by atoms with E-state index in [-0.39, 0.29) is 11.6 Å². The highest BCUT2D eigenvalue weighted by molar-refractivity contribution is 6.05. The number of benzene rings is 1. The first kappa shape index (κ1) is 13.5. The lowest BCUT2D eigenvalue weighted by Crippen LogP contribution is -2.15. The van der Waals surface area contributed by atoms with Gasteiger partial charge in [0.25, 0.3) is 5.91 Å². The van der Waals surface area contributed by atoms with E-state index in [4.69, 9.17) is 5.11 Å². The zero-order valence-electron chi connectivity index (χ0n) is 10.5. The molecule has 0 bridgehead atoms. The van der Waals surface area contributed by atoms with Crippen molar-refractivity contribution in [2.45, 2.75) is 0 Å². The number of aliphatic carboxylic acids is 1. The first-order valence-corrected chi connectivity index (χ1v) is 5.89. The number of carboxylic acid groups (broad SMARTS) is 1. The minimum absolute atomic E-state index is 0.175. The van der Waals surface area contributed by atoms with E-state index >= 15 is 0 Å². The maximum atomic E-state index is 12.1. The molecule has 0 saturated heterocycles. The first-order chi connectivity index (χ1) is 9.66. The van der Waals surface area contributed by atoms with E-state index in [1.54, 1.807) is 36.4 Å². The summed E-state index contributed by atoms with van der Waals surface area (Å²) in [5.74, 6) is -1.47. The van der Waals surface area contributed by atoms with Crippen LogP contribution in [-0.4, -0.2) is 22.0 Å². The fourth-order valence-electron chi connectivity index (χ4n) is 1.61. The number of amides is 1. The molecule has 1 aromatic carbocycles. The summed E-state index contributed by atoms with van der Waals surface area (Å²) >= 11 is 0. The molecule has 1 aromatic heterocycles. The number of anilines is 1. The molecule has 0 spiro atoms. The maximum Gasteiger partial charge on any atom is 0.328 e. The van der Waals surface area contributed by atoms with Crippen molar-refractivity contribution in [2.75, 3.05) is 5.32 Å². The van der Waals surface area contributed by atoms with Gasteiger partial charge in [-0.15, -0.1) is 0 Å². The SMILES string of the molecule is O=C(O)/C=C/c1cccnc1C(=O)Nc1ccccc1. The molecule has 2 rings (SSSR count). The number of carboxylic acids is 1. The lowest BCUT2D eigenvalue weighted by atomic mass is 10.1. The Morgan fingerprint density at radius 3 is 2.55 bits per heavy atom. The van der Waals surface area contributed by atoms with Gasteiger partial charge in [-0.3, -0.25) is 9.78 Å². The number of nitrogens with one attached hydrogen (secondary N) is 1. The van der Waals surface area contributed by atoms with E-state index in [0.29, 0.717) is 11.3 Å². The summed E-state index contributed by atoms with van der Waals surface area (Å²) in [6.07, 6.45) is 3.80. The third kappa shape index (κ3) is 3.52. The van der Waals surface area contributed by atoms with E-state index in [2.05, 4.69) is 10.3 Å². The predicted octanol–water partition coefficient (Wildman–Crippen LogP) is 2.43. The molecule has 0 unspecified atom stereocenters. The normalized spacial score (nSPS) is 10.4. The van der Waals surface area contributed by atoms with Gasteiger partial charge in [-0.25, -0.2) is 4.79 Å². The van der Waals surface area contributed by atoms with E-state index in [1.807, 2.05) is 6.07 Å². The van der Waals surface area contributed by atoms with Gasteiger partial charge in [0, 0.05) is 23.5 Å². The maximum absolute atomic E-state index is 12.1. The largest absolute Gasteiger partial charge is 0.478 e. The van der Waals surface area contributed by atoms with Crippen LogP contribution in [0.1, 0.15) is 16.1 Å². The fourth-order valence-corrected chi connectivity index (χ4v) is 1.61. The third-order valence-electron chi connectivity index (χ3n) is 2.49. The Kier molecular flexibility index (Phi) is 4.24. The summed E-state index contributed by atoms with van der Waals surface area (Å²) < 4.78 is 0. The number of pyridine rings is 1. The Bertz CT molecular complexity index is 651. The van der Waals surface area contributed by atoms with Crippen LogP contribution in [0.3, 0.4) is 0 Å². The van der Waals surface area contributed by atoms with Crippen LogP contribution in [0.4, 0.5) is 5.69 Å². The summed E-state index contributed by atoms with van der Waals surface area (Å²) in [6.45, 7) is 0. The molecule has 2 N–H and O–H groups in total. The van der Waals surface area contributed by atoms with Crippen molar-refractivity contribution in [1.82, 2.24) is 4.98 Å². The van der Waals surface area contributed by atoms with Gasteiger partial charge in [-0.2, -0.15) is 0 Å². The monoisotopic (exact) mass is 268 g/mol. The number of hydrogen-bond acceptors (Lipinski definition) is 3. The van der Waals surface area contributed by atoms with Crippen LogP contribution in [0.15, 0.2) is 54.7 Å². The van der Waals surface area contributed by atoms with Crippen molar-refractivity contribution < 1.29 is 14.7 Å². The average Bonchev–Trinajstić information content (AvgIpc) is 2.46. The van der Waals surface area contributed by atoms with Gasteiger partial charge in [0.05, 0.1) is 0 Å². The number of carbonyl (C=O) groups excluding carboxylic acids is 1. The van der Waals surface area contributed by atoms with Gasteiger partial charge in [0.2, 0.25) is 0 Å². The number of para-hydroxylation sites is 1. The Hall–Kier alpha value is -2.95. The molecule has 100 valence electrons. The molecule has 0 radical (unpaired) electrons. The highest BCUT2D eigenvalue weighted by Crippen LogP contribution is 2.12. The van der Waals surface area contributed by atoms with Crippen LogP contribution >= 0.6 is 0 Å². The van der Waals surface area contributed by atoms with Crippen LogP contribution in [0, 0.1) is 0 Å². The smallest absolute Gasteiger partial charge is 0.328 e. The van der Waals surface area contributed by atoms with Crippen molar-refractivity contribution in [2.24, 2.45) is 0 Å². The van der Waals surface area contributed by atoms with Gasteiger partial charge in [0.1, 0.15) is 5.69 Å². The number of rotatable bonds is 4. The van der Waals surface area contributed by atoms with Crippen molar-refractivity contribution >= 4 is 23.6 Å². The summed E-state index contributed by atoms with van der Waals surface area (Å²) in [5.41, 5.74) is 1.27. The highest BCUT2D eigenvalue weighted by Gasteiger charge is 2.11. The lowest BCUT2D eigenvalue weighted by molar-refractivity contribution is -0.131. The molecule has 0 saturated carbocycles. The molecular weight excluding hydrogens is 256 g/mol. The van der Waals surface area contributed by atoms with Crippen molar-refractivity contribution in [3.63, 3.8) is 0 Å². The molecule has 20 heavy (non-hydrogen) atoms. The van der Waals surface area contributed by atoms with E-state index in [0.717, 1.165) is 6.08 Å². The molecule has 0 aliphatic rings. The minimum atomic E-state index is -1.08. The Balaban J connectivity index is 2.24. The number of nitrogens with zero attached hydrogens (tertiary/aromatic N) is 1. The second kappa shape index (κ2) is 6.29. The van der Waals surface area contributed by atoms with Crippen LogP contribution < -0.4 is 5.32 Å². The summed E-state index contributed by atoms with van der Waals surface area (Å²) in [4.78, 5) is 26.7. The Morgan fingerprint density at radius 1 is 1.10 bits per heavy atom. The van der Waals surface area contributed by atoms with Crippen molar-refractivity contribution in [1.29, 1.82) is 0 Å². The zero-order valence-corrected chi connectivity index (χ0v) is 10.5. The molecule has 5 nitrogen and oxygen atoms in total. The van der Waals surface area contributed by atoms with Gasteiger partial charge < -0.3 is 10.4 Å². The van der Waals surface area contributed by atoms with Crippen molar-refractivity contribution in [3.05, 3.63) is 66.0 Å². The quantitative estimate of drug-likeness (QED) is 0.835. The number of carbonyl (C=O) groups is 2. The molecule has 2 aromatic rings. The first-order valence-electron chi connectivity index (χ1n) is 5.89. The molecule has 0 aliphatic heterocycles. The second-order valence-corrected chi connectivity index (χ2v) is 3.93. The molecule has 0 aliphatic carbocycles. The average molecular weight is 268 g/mol. The molecule has 1 amide bonds. The van der Waals surface area contributed by atoms with Crippen LogP contribution in [0.2, 0.25) is 0 Å². The number of aromatic nitrogens is 1. The zero-order chi connectivity index (χ0) is 14.4. The topological polar surface area (TPSA) is 79.3 Å². The molecule has 1 heterocycles. The molecule has 0 atom stereocenters. The highest BCUT2D eigenvalue weighted by atomic mass is 16.4. The van der Waals surface area contributed by atoms with Gasteiger partial charge in [0.15, 0.2) is 0 Å². The van der Waals surface area contributed by atoms with Crippen molar-refractivity contribution in [3.8, 4) is 0 Å². The third-order valence-corrected chi connectivity index (χ3v) is 2.49. The molecular formula is C15H12N2O3. The van der Waals surface area contributed by atoms with Gasteiger partial charge in [-0.05, 0) is 24.3 Å². The standard InChI is InChI=1S/C15H12N2O3/c18-13(19)9-8-11-5-4-10-16-14(11)15(20)17-12-6-2-1-3-7-12/h1-10H,(H,17,20)(H,18,19)/b9-8+. The second-order valence-electron chi connectivity index (χ2n) is 3.93. The molecule has 0 fully saturated rings. The summed E-state index contributed by atoms with van der Waals surface area (Å²) in [5, 5.41) is 11.3. The van der Waals surface area contributed by atoms with E-state index in [9.17, 15) is 9.59 Å². The lowest BCUT2D eigenvalue weighted by Gasteiger charge is -2.06. The fraction of sp³-hybridized carbons (Fsp3) is 0. The van der Waals surface area contributed by atoms with Crippen LogP contribution in [0.5, 0.6) is 0 Å². The van der Waals surface area contributed by atoms with Gasteiger partial charge in [-0.1, -0.05) is 24.3 Å². The van der Waals surface area contributed by atoms with E-state index < -0.39 is 5.97 Å². The Morgan fingerprint density at radius 2 is 1.85 bits per heavy atom. The Labute approximate surface area is 115 Å². The minimum Gasteiger partial charge on any atom is -0.478 e. The van der Waals surface area contributed by atoms with Crippen LogP contribution in [-0.2, 0) is 4.79 Å². The number of hydrogen-bond donors (Lipinski definition) is 2. The van der Waals surface area contributed by atoms with Crippen LogP contribution in [0.25, 0.3) is 6.08 Å². The molecule has 5 heteroatoms. The van der Waals surface area contributed by atoms with E-state index in [1.165, 1.54) is 12.3 Å². The van der Waals surface area contributed by atoms with Gasteiger partial charge >= 0.3 is 5.97 Å².